The highest BCUT2D eigenvalue weighted by atomic mass is 16.2. The first-order chi connectivity index (χ1) is 18.0. The molecule has 0 atom stereocenters. The number of amides is 2. The molecule has 4 aromatic rings. The molecule has 0 aliphatic carbocycles. The molecule has 37 heavy (non-hydrogen) atoms. The zero-order valence-electron chi connectivity index (χ0n) is 20.7. The van der Waals surface area contributed by atoms with Crippen molar-refractivity contribution in [2.45, 2.75) is 32.9 Å². The van der Waals surface area contributed by atoms with Crippen molar-refractivity contribution in [2.24, 2.45) is 0 Å². The molecule has 2 heterocycles. The molecule has 0 radical (unpaired) electrons. The van der Waals surface area contributed by atoms with Gasteiger partial charge in [-0.1, -0.05) is 74.0 Å². The Hall–Kier alpha value is -4.52. The molecule has 2 aromatic heterocycles. The van der Waals surface area contributed by atoms with Crippen LogP contribution in [0.2, 0.25) is 0 Å². The van der Waals surface area contributed by atoms with Crippen molar-refractivity contribution in [3.05, 3.63) is 140 Å². The van der Waals surface area contributed by atoms with Crippen LogP contribution in [0.15, 0.2) is 107 Å². The maximum Gasteiger partial charge on any atom is 0.266 e. The summed E-state index contributed by atoms with van der Waals surface area (Å²) >= 11 is 0. The van der Waals surface area contributed by atoms with Gasteiger partial charge in [-0.2, -0.15) is 0 Å². The highest BCUT2D eigenvalue weighted by molar-refractivity contribution is 6.10. The van der Waals surface area contributed by atoms with Gasteiger partial charge in [0, 0.05) is 18.9 Å². The lowest BCUT2D eigenvalue weighted by molar-refractivity contribution is 0.0611. The number of unbranched alkanes of at least 4 members (excludes halogenated alkanes) is 1. The second kappa shape index (κ2) is 11.9. The SMILES string of the molecule is CCCCN(C(=O)c1cccn(Cc2ccccc2)c1=O)C(=O)c1cccn(Cc2ccccc2)c1=O. The molecule has 7 heteroatoms. The second-order valence-electron chi connectivity index (χ2n) is 8.80. The molecule has 0 N–H and O–H groups in total. The average molecular weight is 496 g/mol. The first-order valence-corrected chi connectivity index (χ1v) is 12.3. The zero-order chi connectivity index (χ0) is 26.2. The van der Waals surface area contributed by atoms with Gasteiger partial charge in [0.15, 0.2) is 0 Å². The van der Waals surface area contributed by atoms with Crippen molar-refractivity contribution in [3.8, 4) is 0 Å². The van der Waals surface area contributed by atoms with Gasteiger partial charge in [0.2, 0.25) is 0 Å². The van der Waals surface area contributed by atoms with E-state index in [9.17, 15) is 19.2 Å². The van der Waals surface area contributed by atoms with E-state index in [1.807, 2.05) is 67.6 Å². The lowest BCUT2D eigenvalue weighted by Gasteiger charge is -2.21. The summed E-state index contributed by atoms with van der Waals surface area (Å²) in [6.07, 6.45) is 4.51. The van der Waals surface area contributed by atoms with E-state index in [1.54, 1.807) is 24.5 Å². The summed E-state index contributed by atoms with van der Waals surface area (Å²) in [5.41, 5.74) is 0.639. The Labute approximate surface area is 215 Å². The Bertz CT molecular complexity index is 1380. The van der Waals surface area contributed by atoms with Gasteiger partial charge < -0.3 is 9.13 Å². The molecule has 0 saturated heterocycles. The fourth-order valence-corrected chi connectivity index (χ4v) is 4.11. The molecule has 2 aromatic carbocycles. The molecule has 0 unspecified atom stereocenters. The van der Waals surface area contributed by atoms with Gasteiger partial charge >= 0.3 is 0 Å². The molecule has 0 bridgehead atoms. The molecule has 0 spiro atoms. The summed E-state index contributed by atoms with van der Waals surface area (Å²) in [4.78, 5) is 54.6. The largest absolute Gasteiger partial charge is 0.310 e. The van der Waals surface area contributed by atoms with E-state index >= 15 is 0 Å². The van der Waals surface area contributed by atoms with Gasteiger partial charge in [-0.15, -0.1) is 0 Å². The maximum absolute atomic E-state index is 13.6. The third kappa shape index (κ3) is 6.01. The van der Waals surface area contributed by atoms with Gasteiger partial charge in [-0.25, -0.2) is 0 Å². The number of carbonyl (C=O) groups is 2. The summed E-state index contributed by atoms with van der Waals surface area (Å²) in [6, 6.07) is 25.0. The summed E-state index contributed by atoms with van der Waals surface area (Å²) in [6.45, 7) is 2.64. The highest BCUT2D eigenvalue weighted by Gasteiger charge is 2.28. The standard InChI is InChI=1S/C30H29N3O4/c1-2-3-20-33(29(36)25-16-10-18-31(27(25)34)21-23-12-6-4-7-13-23)30(37)26-17-11-19-32(28(26)35)22-24-14-8-5-9-15-24/h4-19H,2-3,20-22H2,1H3. The van der Waals surface area contributed by atoms with Crippen LogP contribution in [0.4, 0.5) is 0 Å². The topological polar surface area (TPSA) is 81.4 Å². The third-order valence-electron chi connectivity index (χ3n) is 6.12. The smallest absolute Gasteiger partial charge is 0.266 e. The summed E-state index contributed by atoms with van der Waals surface area (Å²) in [7, 11) is 0. The van der Waals surface area contributed by atoms with Gasteiger partial charge in [-0.05, 0) is 41.8 Å². The quantitative estimate of drug-likeness (QED) is 0.326. The molecule has 2 amide bonds. The van der Waals surface area contributed by atoms with E-state index in [0.29, 0.717) is 19.5 Å². The maximum atomic E-state index is 13.6. The van der Waals surface area contributed by atoms with Crippen LogP contribution in [0.3, 0.4) is 0 Å². The van der Waals surface area contributed by atoms with Crippen LogP contribution in [0.1, 0.15) is 51.6 Å². The van der Waals surface area contributed by atoms with Crippen molar-refractivity contribution in [1.82, 2.24) is 14.0 Å². The molecule has 0 saturated carbocycles. The van der Waals surface area contributed by atoms with E-state index in [-0.39, 0.29) is 17.7 Å². The van der Waals surface area contributed by atoms with E-state index in [0.717, 1.165) is 22.4 Å². The van der Waals surface area contributed by atoms with Crippen LogP contribution in [0, 0.1) is 0 Å². The summed E-state index contributed by atoms with van der Waals surface area (Å²) in [5, 5.41) is 0. The van der Waals surface area contributed by atoms with Crippen molar-refractivity contribution in [2.75, 3.05) is 6.54 Å². The fourth-order valence-electron chi connectivity index (χ4n) is 4.11. The number of pyridine rings is 2. The van der Waals surface area contributed by atoms with Crippen LogP contribution >= 0.6 is 0 Å². The average Bonchev–Trinajstić information content (AvgIpc) is 2.92. The molecule has 4 rings (SSSR count). The van der Waals surface area contributed by atoms with E-state index in [2.05, 4.69) is 0 Å². The van der Waals surface area contributed by atoms with Crippen LogP contribution < -0.4 is 11.1 Å². The lowest BCUT2D eigenvalue weighted by Crippen LogP contribution is -2.43. The van der Waals surface area contributed by atoms with E-state index in [1.165, 1.54) is 21.3 Å². The molecule has 188 valence electrons. The highest BCUT2D eigenvalue weighted by Crippen LogP contribution is 2.10. The number of nitrogens with zero attached hydrogens (tertiary/aromatic N) is 3. The predicted molar refractivity (Wildman–Crippen MR) is 143 cm³/mol. The minimum atomic E-state index is -0.705. The number of benzene rings is 2. The summed E-state index contributed by atoms with van der Waals surface area (Å²) in [5.74, 6) is -1.41. The first-order valence-electron chi connectivity index (χ1n) is 12.3. The predicted octanol–water partition coefficient (Wildman–Crippen LogP) is 4.19. The van der Waals surface area contributed by atoms with Crippen molar-refractivity contribution < 1.29 is 9.59 Å². The molecule has 7 nitrogen and oxygen atoms in total. The van der Waals surface area contributed by atoms with Gasteiger partial charge in [0.25, 0.3) is 22.9 Å². The second-order valence-corrected chi connectivity index (χ2v) is 8.80. The Morgan fingerprint density at radius 3 is 1.49 bits per heavy atom. The molecular formula is C30H29N3O4. The minimum Gasteiger partial charge on any atom is -0.310 e. The van der Waals surface area contributed by atoms with E-state index in [4.69, 9.17) is 0 Å². The van der Waals surface area contributed by atoms with Crippen molar-refractivity contribution in [1.29, 1.82) is 0 Å². The van der Waals surface area contributed by atoms with Crippen LogP contribution in [0.5, 0.6) is 0 Å². The molecule has 0 fully saturated rings. The number of aromatic nitrogens is 2. The van der Waals surface area contributed by atoms with Gasteiger partial charge in [0.1, 0.15) is 11.1 Å². The number of rotatable bonds is 9. The zero-order valence-corrected chi connectivity index (χ0v) is 20.7. The Balaban J connectivity index is 1.66. The van der Waals surface area contributed by atoms with Crippen molar-refractivity contribution in [3.63, 3.8) is 0 Å². The van der Waals surface area contributed by atoms with Crippen LogP contribution in [0.25, 0.3) is 0 Å². The number of imide groups is 1. The van der Waals surface area contributed by atoms with E-state index < -0.39 is 22.9 Å². The Morgan fingerprint density at radius 1 is 0.649 bits per heavy atom. The van der Waals surface area contributed by atoms with Gasteiger partial charge in [0.05, 0.1) is 13.1 Å². The third-order valence-corrected chi connectivity index (χ3v) is 6.12. The minimum absolute atomic E-state index is 0.105. The Morgan fingerprint density at radius 2 is 1.08 bits per heavy atom. The number of hydrogen-bond donors (Lipinski definition) is 0. The monoisotopic (exact) mass is 495 g/mol. The normalized spacial score (nSPS) is 10.7. The van der Waals surface area contributed by atoms with Gasteiger partial charge in [-0.3, -0.25) is 24.1 Å². The number of hydrogen-bond acceptors (Lipinski definition) is 4. The lowest BCUT2D eigenvalue weighted by atomic mass is 10.1. The van der Waals surface area contributed by atoms with Crippen LogP contribution in [-0.4, -0.2) is 32.4 Å². The first kappa shape index (κ1) is 25.6. The molecule has 0 aliphatic heterocycles. The molecular weight excluding hydrogens is 466 g/mol. The summed E-state index contributed by atoms with van der Waals surface area (Å²) < 4.78 is 2.89. The molecule has 0 aliphatic rings. The number of carbonyl (C=O) groups excluding carboxylic acids is 2. The van der Waals surface area contributed by atoms with Crippen molar-refractivity contribution >= 4 is 11.8 Å². The fraction of sp³-hybridized carbons (Fsp3) is 0.200. The van der Waals surface area contributed by atoms with Crippen LogP contribution in [-0.2, 0) is 13.1 Å². The Kier molecular flexibility index (Phi) is 8.26.